The Morgan fingerprint density at radius 3 is 2.10 bits per heavy atom. The van der Waals surface area contributed by atoms with Gasteiger partial charge >= 0.3 is 0 Å². The lowest BCUT2D eigenvalue weighted by molar-refractivity contribution is -0.124. The minimum absolute atomic E-state index is 0.0196. The molecule has 7 rings (SSSR count). The zero-order chi connectivity index (χ0) is 34.8. The number of carbonyl (C=O) groups is 2. The average Bonchev–Trinajstić information content (AvgIpc) is 3.74. The molecular weight excluding hydrogens is 677 g/mol. The number of methoxy groups -OCH3 is 2. The van der Waals surface area contributed by atoms with E-state index in [9.17, 15) is 9.59 Å². The van der Waals surface area contributed by atoms with Crippen molar-refractivity contribution in [1.29, 1.82) is 0 Å². The molecule has 3 fully saturated rings. The Morgan fingerprint density at radius 1 is 0.860 bits per heavy atom. The van der Waals surface area contributed by atoms with Crippen LogP contribution in [0.4, 0.5) is 0 Å². The molecule has 0 spiro atoms. The topological polar surface area (TPSA) is 131 Å². The standard InChI is InChI=1S/C37H39Cl2N7O4/c1-49-36-27(13-3-7-21-14-15-32(47)43-21)40-17-28(44-36)24-10-4-8-22(33(24)38)23-9-5-11-25(34(23)39)29-18-41-30(37(45-29)50-2)20-46-16-6-12-26-31(46)19-42-35(26)48/h4-5,8-11,17-18,21,26,31H,3,6-7,12-16,19-20H2,1-2H3,(H,42,48)(H,43,47)/t21-,26+,31+/m1/s1. The molecule has 13 heteroatoms. The zero-order valence-corrected chi connectivity index (χ0v) is 29.6. The average molecular weight is 717 g/mol. The van der Waals surface area contributed by atoms with Crippen LogP contribution < -0.4 is 20.1 Å². The summed E-state index contributed by atoms with van der Waals surface area (Å²) in [6.45, 7) is 2.08. The second-order valence-corrected chi connectivity index (χ2v) is 13.7. The van der Waals surface area contributed by atoms with Crippen LogP contribution >= 0.6 is 23.2 Å². The first-order valence-electron chi connectivity index (χ1n) is 17.0. The van der Waals surface area contributed by atoms with Gasteiger partial charge in [-0.15, -0.1) is 0 Å². The SMILES string of the molecule is COc1nc(-c2cccc(-c3cccc(-c4cnc(CN5CCC[C@@H]6C(=O)NC[C@@H]65)c(OC)n4)c3Cl)c2Cl)cnc1CCC[C@@H]1CCC(=O)N1. The molecule has 0 radical (unpaired) electrons. The monoisotopic (exact) mass is 715 g/mol. The van der Waals surface area contributed by atoms with Gasteiger partial charge in [-0.3, -0.25) is 24.5 Å². The predicted octanol–water partition coefficient (Wildman–Crippen LogP) is 5.90. The highest BCUT2D eigenvalue weighted by atomic mass is 35.5. The van der Waals surface area contributed by atoms with E-state index >= 15 is 0 Å². The van der Waals surface area contributed by atoms with Gasteiger partial charge < -0.3 is 20.1 Å². The second kappa shape index (κ2) is 14.9. The molecule has 2 N–H and O–H groups in total. The number of carbonyl (C=O) groups excluding carboxylic acids is 2. The number of hydrogen-bond donors (Lipinski definition) is 2. The molecule has 260 valence electrons. The Hall–Kier alpha value is -4.32. The number of ether oxygens (including phenoxy) is 2. The number of nitrogens with zero attached hydrogens (tertiary/aromatic N) is 5. The number of benzene rings is 2. The first kappa shape index (κ1) is 34.1. The number of piperidine rings is 1. The van der Waals surface area contributed by atoms with Crippen LogP contribution in [0.25, 0.3) is 33.6 Å². The highest BCUT2D eigenvalue weighted by molar-refractivity contribution is 6.39. The normalized spacial score (nSPS) is 20.4. The van der Waals surface area contributed by atoms with Gasteiger partial charge in [0.15, 0.2) is 0 Å². The minimum atomic E-state index is 0.0196. The quantitative estimate of drug-likeness (QED) is 0.195. The Labute approximate surface area is 301 Å². The summed E-state index contributed by atoms with van der Waals surface area (Å²) < 4.78 is 11.3. The lowest BCUT2D eigenvalue weighted by Gasteiger charge is -2.35. The zero-order valence-electron chi connectivity index (χ0n) is 28.0. The molecule has 0 unspecified atom stereocenters. The maximum absolute atomic E-state index is 12.3. The van der Waals surface area contributed by atoms with Gasteiger partial charge in [0.25, 0.3) is 0 Å². The summed E-state index contributed by atoms with van der Waals surface area (Å²) in [7, 11) is 3.17. The van der Waals surface area contributed by atoms with Crippen molar-refractivity contribution in [1.82, 2.24) is 35.5 Å². The maximum atomic E-state index is 12.3. The fraction of sp³-hybridized carbons (Fsp3) is 0.405. The number of aryl methyl sites for hydroxylation is 1. The van der Waals surface area contributed by atoms with E-state index < -0.39 is 0 Å². The van der Waals surface area contributed by atoms with Crippen molar-refractivity contribution in [2.75, 3.05) is 27.3 Å². The van der Waals surface area contributed by atoms with Gasteiger partial charge in [0.1, 0.15) is 11.4 Å². The molecule has 3 atom stereocenters. The molecule has 50 heavy (non-hydrogen) atoms. The Balaban J connectivity index is 1.12. The lowest BCUT2D eigenvalue weighted by atomic mass is 9.91. The third kappa shape index (κ3) is 6.86. The van der Waals surface area contributed by atoms with Crippen molar-refractivity contribution in [2.45, 2.75) is 63.6 Å². The van der Waals surface area contributed by atoms with Gasteiger partial charge in [-0.05, 0) is 45.1 Å². The highest BCUT2D eigenvalue weighted by Gasteiger charge is 2.41. The van der Waals surface area contributed by atoms with Crippen molar-refractivity contribution in [3.8, 4) is 45.4 Å². The fourth-order valence-electron chi connectivity index (χ4n) is 7.38. The van der Waals surface area contributed by atoms with Crippen LogP contribution in [0.15, 0.2) is 48.8 Å². The molecule has 3 aliphatic heterocycles. The summed E-state index contributed by atoms with van der Waals surface area (Å²) in [6.07, 6.45) is 9.20. The van der Waals surface area contributed by atoms with E-state index in [0.717, 1.165) is 55.5 Å². The summed E-state index contributed by atoms with van der Waals surface area (Å²) >= 11 is 14.2. The molecule has 0 aliphatic carbocycles. The van der Waals surface area contributed by atoms with Crippen LogP contribution in [0.2, 0.25) is 10.0 Å². The molecule has 0 saturated carbocycles. The van der Waals surface area contributed by atoms with Crippen LogP contribution in [-0.4, -0.2) is 76.0 Å². The van der Waals surface area contributed by atoms with Gasteiger partial charge in [-0.2, -0.15) is 0 Å². The van der Waals surface area contributed by atoms with Crippen molar-refractivity contribution in [3.63, 3.8) is 0 Å². The van der Waals surface area contributed by atoms with Crippen molar-refractivity contribution < 1.29 is 19.1 Å². The van der Waals surface area contributed by atoms with Gasteiger partial charge in [-0.25, -0.2) is 9.97 Å². The molecule has 2 aromatic carbocycles. The van der Waals surface area contributed by atoms with Crippen molar-refractivity contribution in [2.24, 2.45) is 5.92 Å². The molecule has 2 aromatic heterocycles. The van der Waals surface area contributed by atoms with Crippen LogP contribution in [0.3, 0.4) is 0 Å². The smallest absolute Gasteiger partial charge is 0.237 e. The molecule has 11 nitrogen and oxygen atoms in total. The third-order valence-electron chi connectivity index (χ3n) is 9.97. The van der Waals surface area contributed by atoms with Crippen LogP contribution in [0.5, 0.6) is 11.8 Å². The molecule has 2 amide bonds. The summed E-state index contributed by atoms with van der Waals surface area (Å²) in [4.78, 5) is 45.2. The van der Waals surface area contributed by atoms with E-state index in [-0.39, 0.29) is 29.8 Å². The van der Waals surface area contributed by atoms with Crippen molar-refractivity contribution in [3.05, 3.63) is 70.2 Å². The number of amides is 2. The number of rotatable bonds is 11. The molecular formula is C37H39Cl2N7O4. The van der Waals surface area contributed by atoms with Gasteiger partial charge in [0.2, 0.25) is 23.6 Å². The second-order valence-electron chi connectivity index (χ2n) is 13.0. The number of aromatic nitrogens is 4. The number of nitrogens with one attached hydrogen (secondary N) is 2. The van der Waals surface area contributed by atoms with Gasteiger partial charge in [0, 0.05) is 53.8 Å². The minimum Gasteiger partial charge on any atom is -0.480 e. The van der Waals surface area contributed by atoms with Gasteiger partial charge in [0.05, 0.1) is 54.0 Å². The number of hydrogen-bond acceptors (Lipinski definition) is 9. The Kier molecular flexibility index (Phi) is 10.2. The Morgan fingerprint density at radius 2 is 1.48 bits per heavy atom. The van der Waals surface area contributed by atoms with Crippen LogP contribution in [0, 0.1) is 5.92 Å². The summed E-state index contributed by atoms with van der Waals surface area (Å²) in [5.74, 6) is 1.15. The van der Waals surface area contributed by atoms with E-state index in [2.05, 4.69) is 15.5 Å². The van der Waals surface area contributed by atoms with E-state index in [1.165, 1.54) is 0 Å². The molecule has 0 bridgehead atoms. The highest BCUT2D eigenvalue weighted by Crippen LogP contribution is 2.42. The number of halogens is 2. The summed E-state index contributed by atoms with van der Waals surface area (Å²) in [6, 6.07) is 11.8. The molecule has 3 aliphatic rings. The van der Waals surface area contributed by atoms with Gasteiger partial charge in [-0.1, -0.05) is 59.6 Å². The van der Waals surface area contributed by atoms with Crippen LogP contribution in [0.1, 0.15) is 49.9 Å². The van der Waals surface area contributed by atoms with E-state index in [0.29, 0.717) is 75.9 Å². The molecule has 5 heterocycles. The first-order valence-corrected chi connectivity index (χ1v) is 17.8. The van der Waals surface area contributed by atoms with Crippen LogP contribution in [-0.2, 0) is 22.6 Å². The number of likely N-dealkylation sites (tertiary alicyclic amines) is 1. The first-order chi connectivity index (χ1) is 24.3. The Bertz CT molecular complexity index is 1930. The van der Waals surface area contributed by atoms with E-state index in [1.807, 2.05) is 36.4 Å². The van der Waals surface area contributed by atoms with E-state index in [1.54, 1.807) is 26.6 Å². The molecule has 4 aromatic rings. The van der Waals surface area contributed by atoms with E-state index in [4.69, 9.17) is 52.6 Å². The maximum Gasteiger partial charge on any atom is 0.237 e. The largest absolute Gasteiger partial charge is 0.480 e. The fourth-order valence-corrected chi connectivity index (χ4v) is 8.02. The summed E-state index contributed by atoms with van der Waals surface area (Å²) in [5.41, 5.74) is 5.47. The third-order valence-corrected chi connectivity index (χ3v) is 10.8. The van der Waals surface area contributed by atoms with Crippen molar-refractivity contribution >= 4 is 35.0 Å². The predicted molar refractivity (Wildman–Crippen MR) is 191 cm³/mol. The number of fused-ring (bicyclic) bond motifs is 1. The summed E-state index contributed by atoms with van der Waals surface area (Å²) in [5, 5.41) is 6.97. The lowest BCUT2D eigenvalue weighted by Crippen LogP contribution is -2.45. The molecule has 3 saturated heterocycles.